The van der Waals surface area contributed by atoms with Gasteiger partial charge in [0.05, 0.1) is 23.7 Å². The Morgan fingerprint density at radius 2 is 2.03 bits per heavy atom. The fourth-order valence-electron chi connectivity index (χ4n) is 5.38. The molecule has 2 aromatic rings. The van der Waals surface area contributed by atoms with Gasteiger partial charge in [0, 0.05) is 48.8 Å². The van der Waals surface area contributed by atoms with Crippen LogP contribution in [0.5, 0.6) is 5.75 Å². The summed E-state index contributed by atoms with van der Waals surface area (Å²) in [6.45, 7) is 7.10. The third-order valence-electron chi connectivity index (χ3n) is 7.56. The molecule has 4 N–H and O–H groups in total. The van der Waals surface area contributed by atoms with E-state index in [1.165, 1.54) is 11.1 Å². The van der Waals surface area contributed by atoms with Crippen LogP contribution in [-0.2, 0) is 22.5 Å². The molecule has 0 spiro atoms. The predicted molar refractivity (Wildman–Crippen MR) is 158 cm³/mol. The maximum atomic E-state index is 13.2. The molecule has 3 unspecified atom stereocenters. The van der Waals surface area contributed by atoms with E-state index in [0.717, 1.165) is 42.8 Å². The number of amides is 1. The van der Waals surface area contributed by atoms with Crippen molar-refractivity contribution in [3.63, 3.8) is 0 Å². The van der Waals surface area contributed by atoms with Gasteiger partial charge in [-0.1, -0.05) is 37.9 Å². The number of hydrazine groups is 1. The molecule has 0 aliphatic carbocycles. The molecule has 4 rings (SSSR count). The first-order valence-corrected chi connectivity index (χ1v) is 15.6. The van der Waals surface area contributed by atoms with Gasteiger partial charge in [-0.05, 0) is 73.6 Å². The predicted octanol–water partition coefficient (Wildman–Crippen LogP) is 4.48. The molecule has 2 heterocycles. The van der Waals surface area contributed by atoms with Crippen LogP contribution in [0.3, 0.4) is 0 Å². The smallest absolute Gasteiger partial charge is 0.292 e. The Morgan fingerprint density at radius 1 is 1.18 bits per heavy atom. The normalized spacial score (nSPS) is 24.9. The van der Waals surface area contributed by atoms with Crippen molar-refractivity contribution in [2.75, 3.05) is 37.8 Å². The number of rotatable bonds is 5. The first-order valence-electron chi connectivity index (χ1n) is 14.0. The lowest BCUT2D eigenvalue weighted by Gasteiger charge is -2.31. The summed E-state index contributed by atoms with van der Waals surface area (Å²) in [4.78, 5) is 15.4. The third kappa shape index (κ3) is 7.80. The van der Waals surface area contributed by atoms with E-state index in [2.05, 4.69) is 34.1 Å². The summed E-state index contributed by atoms with van der Waals surface area (Å²) in [5, 5.41) is 0.609. The van der Waals surface area contributed by atoms with Crippen LogP contribution < -0.4 is 25.6 Å². The van der Waals surface area contributed by atoms with Crippen molar-refractivity contribution in [3.05, 3.63) is 58.1 Å². The summed E-state index contributed by atoms with van der Waals surface area (Å²) in [5.74, 6) is 6.45. The van der Waals surface area contributed by atoms with Gasteiger partial charge in [0.15, 0.2) is 0 Å². The van der Waals surface area contributed by atoms with E-state index in [0.29, 0.717) is 50.6 Å². The van der Waals surface area contributed by atoms with Crippen LogP contribution >= 0.6 is 11.6 Å². The van der Waals surface area contributed by atoms with Crippen molar-refractivity contribution in [1.29, 1.82) is 0 Å². The number of ether oxygens (including phenoxy) is 2. The monoisotopic (exact) mass is 576 g/mol. The zero-order chi connectivity index (χ0) is 27.8. The molecule has 0 saturated heterocycles. The minimum absolute atomic E-state index is 0.0294. The van der Waals surface area contributed by atoms with Crippen molar-refractivity contribution in [2.24, 2.45) is 5.84 Å². The van der Waals surface area contributed by atoms with Crippen LogP contribution in [0.25, 0.3) is 0 Å². The number of hydrogen-bond donors (Lipinski definition) is 3. The van der Waals surface area contributed by atoms with Crippen LogP contribution in [0.1, 0.15) is 73.4 Å². The van der Waals surface area contributed by atoms with Crippen molar-refractivity contribution < 1.29 is 18.8 Å². The molecule has 2 aliphatic heterocycles. The highest BCUT2D eigenvalue weighted by Crippen LogP contribution is 2.37. The van der Waals surface area contributed by atoms with Gasteiger partial charge in [0.1, 0.15) is 11.0 Å². The lowest BCUT2D eigenvalue weighted by atomic mass is 9.92. The van der Waals surface area contributed by atoms with Gasteiger partial charge in [-0.3, -0.25) is 16.1 Å². The molecule has 4 atom stereocenters. The van der Waals surface area contributed by atoms with E-state index in [1.54, 1.807) is 6.07 Å². The van der Waals surface area contributed by atoms with Gasteiger partial charge in [-0.15, -0.1) is 0 Å². The van der Waals surface area contributed by atoms with Crippen molar-refractivity contribution in [3.8, 4) is 5.75 Å². The van der Waals surface area contributed by atoms with Gasteiger partial charge < -0.3 is 18.9 Å². The maximum Gasteiger partial charge on any atom is 0.292 e. The van der Waals surface area contributed by atoms with Gasteiger partial charge in [0.25, 0.3) is 5.91 Å². The van der Waals surface area contributed by atoms with Crippen molar-refractivity contribution in [2.45, 2.75) is 69.6 Å². The molecule has 8 nitrogen and oxygen atoms in total. The van der Waals surface area contributed by atoms with E-state index in [-0.39, 0.29) is 23.1 Å². The zero-order valence-electron chi connectivity index (χ0n) is 22.9. The Morgan fingerprint density at radius 3 is 2.79 bits per heavy atom. The van der Waals surface area contributed by atoms with E-state index in [4.69, 9.17) is 26.9 Å². The first-order chi connectivity index (χ1) is 18.9. The molecule has 0 fully saturated rings. The fraction of sp³-hybridized carbons (Fsp3) is 0.552. The summed E-state index contributed by atoms with van der Waals surface area (Å²) < 4.78 is 27.9. The average molecular weight is 577 g/mol. The molecule has 2 bridgehead atoms. The first kappa shape index (κ1) is 30.0. The molecule has 214 valence electrons. The minimum atomic E-state index is -1.48. The van der Waals surface area contributed by atoms with Crippen LogP contribution in [0, 0.1) is 0 Å². The molecular formula is C29H41ClN4O4S. The maximum absolute atomic E-state index is 13.2. The highest BCUT2D eigenvalue weighted by molar-refractivity contribution is 7.90. The molecule has 0 radical (unpaired) electrons. The number of halogens is 1. The second-order valence-corrected chi connectivity index (χ2v) is 12.3. The minimum Gasteiger partial charge on any atom is -0.593 e. The average Bonchev–Trinajstić information content (AvgIpc) is 3.10. The number of benzene rings is 2. The standard InChI is InChI=1S/C29H41ClN4O4S/c1-3-6-20-15-23(30)9-10-26(20)22-17-34-18-24(32-31)12-14-37-13-5-7-25(4-2)39(36)33-29(35)21-8-11-28(38-19-22)27(34)16-21/h8-11,15-16,22,24-25,32H,3-7,12-14,17-19,31H2,1-2H3,(H,33,35)/t22?,24?,25-,39?/m0/s1. The Kier molecular flexibility index (Phi) is 11.2. The largest absolute Gasteiger partial charge is 0.593 e. The number of aryl methyl sites for hydroxylation is 1. The van der Waals surface area contributed by atoms with E-state index in [9.17, 15) is 9.35 Å². The summed E-state index contributed by atoms with van der Waals surface area (Å²) in [6.07, 6.45) is 4.90. The quantitative estimate of drug-likeness (QED) is 0.273. The molecular weight excluding hydrogens is 536 g/mol. The fourth-order valence-corrected chi connectivity index (χ4v) is 6.73. The summed E-state index contributed by atoms with van der Waals surface area (Å²) in [6, 6.07) is 11.5. The van der Waals surface area contributed by atoms with Crippen LogP contribution in [-0.4, -0.2) is 54.7 Å². The van der Waals surface area contributed by atoms with Crippen LogP contribution in [0.4, 0.5) is 5.69 Å². The highest BCUT2D eigenvalue weighted by atomic mass is 35.5. The zero-order valence-corrected chi connectivity index (χ0v) is 24.5. The van der Waals surface area contributed by atoms with Gasteiger partial charge in [0.2, 0.25) is 0 Å². The highest BCUT2D eigenvalue weighted by Gasteiger charge is 2.30. The van der Waals surface area contributed by atoms with Crippen molar-refractivity contribution >= 4 is 34.6 Å². The third-order valence-corrected chi connectivity index (χ3v) is 9.36. The number of hydrogen-bond acceptors (Lipinski definition) is 7. The molecule has 2 aliphatic rings. The number of nitrogens with two attached hydrogens (primary N) is 1. The Hall–Kier alpha value is -2.01. The van der Waals surface area contributed by atoms with Crippen LogP contribution in [0.15, 0.2) is 36.4 Å². The molecule has 0 aromatic heterocycles. The summed E-state index contributed by atoms with van der Waals surface area (Å²) in [7, 11) is 0. The molecule has 2 aromatic carbocycles. The Bertz CT molecular complexity index is 1110. The lowest BCUT2D eigenvalue weighted by molar-refractivity contribution is 0.0980. The molecule has 1 amide bonds. The van der Waals surface area contributed by atoms with Crippen LogP contribution in [0.2, 0.25) is 5.02 Å². The summed E-state index contributed by atoms with van der Waals surface area (Å²) in [5.41, 5.74) is 6.70. The van der Waals surface area contributed by atoms with Gasteiger partial charge in [-0.25, -0.2) is 0 Å². The van der Waals surface area contributed by atoms with E-state index >= 15 is 0 Å². The number of anilines is 1. The van der Waals surface area contributed by atoms with Gasteiger partial charge in [-0.2, -0.15) is 4.72 Å². The lowest BCUT2D eigenvalue weighted by Crippen LogP contribution is -2.46. The second-order valence-electron chi connectivity index (χ2n) is 10.4. The molecule has 39 heavy (non-hydrogen) atoms. The van der Waals surface area contributed by atoms with Gasteiger partial charge >= 0.3 is 0 Å². The summed E-state index contributed by atoms with van der Waals surface area (Å²) >= 11 is 4.88. The number of fused-ring (bicyclic) bond motifs is 1. The van der Waals surface area contributed by atoms with E-state index in [1.807, 2.05) is 25.1 Å². The number of nitrogens with zero attached hydrogens (tertiary/aromatic N) is 1. The Labute approximate surface area is 240 Å². The molecule has 0 saturated carbocycles. The van der Waals surface area contributed by atoms with Crippen molar-refractivity contribution in [1.82, 2.24) is 10.1 Å². The van der Waals surface area contributed by atoms with E-state index < -0.39 is 11.4 Å². The number of carbonyl (C=O) groups is 1. The topological polar surface area (TPSA) is 112 Å². The number of nitrogens with one attached hydrogen (secondary N) is 2. The molecule has 10 heteroatoms. The SMILES string of the molecule is CCCc1cc(Cl)ccc1C1COc2ccc3cc2N(CC(NN)CCOCCC[C@H](CC)[S+]([O-])NC3=O)C1. The number of carbonyl (C=O) groups excluding carboxylic acids is 1. The Balaban J connectivity index is 1.69. The second kappa shape index (κ2) is 14.6.